The van der Waals surface area contributed by atoms with Crippen LogP contribution in [0.4, 0.5) is 0 Å². The summed E-state index contributed by atoms with van der Waals surface area (Å²) in [4.78, 5) is 10.9. The van der Waals surface area contributed by atoms with Crippen LogP contribution in [-0.2, 0) is 19.0 Å². The highest BCUT2D eigenvalue weighted by atomic mass is 16.7. The van der Waals surface area contributed by atoms with Gasteiger partial charge >= 0.3 is 5.97 Å². The van der Waals surface area contributed by atoms with Gasteiger partial charge in [0.25, 0.3) is 0 Å². The van der Waals surface area contributed by atoms with E-state index in [4.69, 9.17) is 9.47 Å². The Labute approximate surface area is 102 Å². The van der Waals surface area contributed by atoms with Crippen molar-refractivity contribution in [3.63, 3.8) is 0 Å². The molecule has 1 rings (SSSR count). The van der Waals surface area contributed by atoms with Crippen molar-refractivity contribution in [1.82, 2.24) is 0 Å². The molecular formula is C13H20O4. The van der Waals surface area contributed by atoms with Gasteiger partial charge in [-0.25, -0.2) is 4.79 Å². The molecule has 0 aromatic heterocycles. The molecule has 0 aliphatic carbocycles. The summed E-state index contributed by atoms with van der Waals surface area (Å²) < 4.78 is 15.5. The summed E-state index contributed by atoms with van der Waals surface area (Å²) in [5.74, 6) is -0.344. The first-order chi connectivity index (χ1) is 8.22. The van der Waals surface area contributed by atoms with Gasteiger partial charge in [0.2, 0.25) is 0 Å². The Morgan fingerprint density at radius 2 is 2.29 bits per heavy atom. The molecule has 1 fully saturated rings. The Bertz CT molecular complexity index is 288. The Morgan fingerprint density at radius 1 is 1.47 bits per heavy atom. The lowest BCUT2D eigenvalue weighted by molar-refractivity contribution is -0.155. The lowest BCUT2D eigenvalue weighted by Crippen LogP contribution is -2.22. The van der Waals surface area contributed by atoms with Crippen molar-refractivity contribution < 1.29 is 19.0 Å². The van der Waals surface area contributed by atoms with E-state index < -0.39 is 0 Å². The molecule has 0 amide bonds. The molecule has 1 unspecified atom stereocenters. The summed E-state index contributed by atoms with van der Waals surface area (Å²) in [6, 6.07) is 0. The number of carbonyl (C=O) groups excluding carboxylic acids is 1. The van der Waals surface area contributed by atoms with Crippen LogP contribution in [0.2, 0.25) is 0 Å². The molecule has 0 radical (unpaired) electrons. The molecule has 4 heteroatoms. The summed E-state index contributed by atoms with van der Waals surface area (Å²) >= 11 is 0. The molecule has 4 nitrogen and oxygen atoms in total. The average Bonchev–Trinajstić information content (AvgIpc) is 2.36. The average molecular weight is 240 g/mol. The van der Waals surface area contributed by atoms with Crippen LogP contribution >= 0.6 is 0 Å². The van der Waals surface area contributed by atoms with Crippen molar-refractivity contribution in [2.24, 2.45) is 0 Å². The van der Waals surface area contributed by atoms with E-state index >= 15 is 0 Å². The predicted molar refractivity (Wildman–Crippen MR) is 64.5 cm³/mol. The number of esters is 1. The summed E-state index contributed by atoms with van der Waals surface area (Å²) in [5, 5.41) is 0. The van der Waals surface area contributed by atoms with Crippen LogP contribution in [0.3, 0.4) is 0 Å². The van der Waals surface area contributed by atoms with Crippen LogP contribution in [0, 0.1) is 0 Å². The van der Waals surface area contributed by atoms with Gasteiger partial charge in [0.15, 0.2) is 6.29 Å². The van der Waals surface area contributed by atoms with E-state index in [2.05, 4.69) is 4.74 Å². The van der Waals surface area contributed by atoms with Crippen molar-refractivity contribution in [2.75, 3.05) is 20.3 Å². The van der Waals surface area contributed by atoms with Gasteiger partial charge in [-0.3, -0.25) is 0 Å². The van der Waals surface area contributed by atoms with Gasteiger partial charge < -0.3 is 14.2 Å². The highest BCUT2D eigenvalue weighted by molar-refractivity contribution is 5.83. The van der Waals surface area contributed by atoms with Crippen LogP contribution in [0.1, 0.15) is 26.2 Å². The molecule has 1 aliphatic heterocycles. The van der Waals surface area contributed by atoms with E-state index in [1.54, 1.807) is 0 Å². The normalized spacial score (nSPS) is 21.8. The van der Waals surface area contributed by atoms with Crippen LogP contribution in [0.15, 0.2) is 23.8 Å². The zero-order valence-corrected chi connectivity index (χ0v) is 10.5. The SMILES string of the molecule is COC(=O)/C=C(C)\C=C\COC1CCCCO1. The first kappa shape index (κ1) is 13.9. The predicted octanol–water partition coefficient (Wildman–Crippen LogP) is 2.21. The Morgan fingerprint density at radius 3 is 2.94 bits per heavy atom. The smallest absolute Gasteiger partial charge is 0.330 e. The maximum absolute atomic E-state index is 10.9. The standard InChI is InChI=1S/C13H20O4/c1-11(10-12(14)15-2)6-5-9-17-13-7-3-4-8-16-13/h5-6,10,13H,3-4,7-9H2,1-2H3/b6-5+,11-10-. The molecule has 0 N–H and O–H groups in total. The van der Waals surface area contributed by atoms with Crippen LogP contribution in [0.5, 0.6) is 0 Å². The van der Waals surface area contributed by atoms with Crippen LogP contribution in [0.25, 0.3) is 0 Å². The third-order valence-corrected chi connectivity index (χ3v) is 2.44. The highest BCUT2D eigenvalue weighted by Crippen LogP contribution is 2.13. The number of rotatable bonds is 5. The van der Waals surface area contributed by atoms with Crippen LogP contribution < -0.4 is 0 Å². The maximum Gasteiger partial charge on any atom is 0.330 e. The van der Waals surface area contributed by atoms with Gasteiger partial charge in [-0.05, 0) is 31.8 Å². The Kier molecular flexibility index (Phi) is 6.58. The molecule has 0 aromatic carbocycles. The van der Waals surface area contributed by atoms with Gasteiger partial charge in [0, 0.05) is 12.7 Å². The molecule has 17 heavy (non-hydrogen) atoms. The van der Waals surface area contributed by atoms with Crippen molar-refractivity contribution in [1.29, 1.82) is 0 Å². The number of carbonyl (C=O) groups is 1. The van der Waals surface area contributed by atoms with Crippen molar-refractivity contribution in [2.45, 2.75) is 32.5 Å². The fourth-order valence-corrected chi connectivity index (χ4v) is 1.53. The van der Waals surface area contributed by atoms with Gasteiger partial charge in [-0.1, -0.05) is 12.2 Å². The summed E-state index contributed by atoms with van der Waals surface area (Å²) in [6.07, 6.45) is 8.32. The third kappa shape index (κ3) is 6.24. The number of methoxy groups -OCH3 is 1. The summed E-state index contributed by atoms with van der Waals surface area (Å²) in [5.41, 5.74) is 0.838. The zero-order chi connectivity index (χ0) is 12.5. The molecular weight excluding hydrogens is 220 g/mol. The minimum atomic E-state index is -0.344. The minimum Gasteiger partial charge on any atom is -0.466 e. The van der Waals surface area contributed by atoms with Crippen LogP contribution in [-0.4, -0.2) is 32.6 Å². The minimum absolute atomic E-state index is 0.0710. The second-order valence-corrected chi connectivity index (χ2v) is 3.94. The third-order valence-electron chi connectivity index (χ3n) is 2.44. The van der Waals surface area contributed by atoms with Gasteiger partial charge in [0.1, 0.15) is 0 Å². The molecule has 1 aliphatic rings. The molecule has 0 bridgehead atoms. The molecule has 1 heterocycles. The zero-order valence-electron chi connectivity index (χ0n) is 10.5. The fraction of sp³-hybridized carbons (Fsp3) is 0.615. The highest BCUT2D eigenvalue weighted by Gasteiger charge is 2.12. The van der Waals surface area contributed by atoms with Crippen molar-refractivity contribution >= 4 is 5.97 Å². The molecule has 1 saturated heterocycles. The molecule has 0 aromatic rings. The molecule has 0 saturated carbocycles. The second-order valence-electron chi connectivity index (χ2n) is 3.94. The second kappa shape index (κ2) is 8.03. The summed E-state index contributed by atoms with van der Waals surface area (Å²) in [6.45, 7) is 3.12. The first-order valence-electron chi connectivity index (χ1n) is 5.88. The molecule has 96 valence electrons. The van der Waals surface area contributed by atoms with Gasteiger partial charge in [0.05, 0.1) is 13.7 Å². The monoisotopic (exact) mass is 240 g/mol. The fourth-order valence-electron chi connectivity index (χ4n) is 1.53. The molecule has 0 spiro atoms. The number of hydrogen-bond acceptors (Lipinski definition) is 4. The van der Waals surface area contributed by atoms with Crippen molar-refractivity contribution in [3.05, 3.63) is 23.8 Å². The van der Waals surface area contributed by atoms with E-state index in [0.717, 1.165) is 31.4 Å². The molecule has 1 atom stereocenters. The number of ether oxygens (including phenoxy) is 3. The number of hydrogen-bond donors (Lipinski definition) is 0. The lowest BCUT2D eigenvalue weighted by Gasteiger charge is -2.21. The van der Waals surface area contributed by atoms with Gasteiger partial charge in [-0.2, -0.15) is 0 Å². The van der Waals surface area contributed by atoms with E-state index in [-0.39, 0.29) is 12.3 Å². The first-order valence-corrected chi connectivity index (χ1v) is 5.88. The maximum atomic E-state index is 10.9. The Balaban J connectivity index is 2.20. The van der Waals surface area contributed by atoms with E-state index in [1.165, 1.54) is 13.2 Å². The number of allylic oxidation sites excluding steroid dienone is 2. The quantitative estimate of drug-likeness (QED) is 0.420. The van der Waals surface area contributed by atoms with E-state index in [1.807, 2.05) is 19.1 Å². The Hall–Kier alpha value is -1.13. The van der Waals surface area contributed by atoms with E-state index in [9.17, 15) is 4.79 Å². The topological polar surface area (TPSA) is 44.8 Å². The largest absolute Gasteiger partial charge is 0.466 e. The van der Waals surface area contributed by atoms with Gasteiger partial charge in [-0.15, -0.1) is 0 Å². The van der Waals surface area contributed by atoms with Crippen molar-refractivity contribution in [3.8, 4) is 0 Å². The summed E-state index contributed by atoms with van der Waals surface area (Å²) in [7, 11) is 1.36. The van der Waals surface area contributed by atoms with E-state index in [0.29, 0.717) is 6.61 Å². The lowest BCUT2D eigenvalue weighted by atomic mass is 10.2.